The highest BCUT2D eigenvalue weighted by Gasteiger charge is 2.32. The molecule has 4 rings (SSSR count). The molecule has 112 valence electrons. The minimum absolute atomic E-state index is 0.177. The minimum atomic E-state index is 0.177. The monoisotopic (exact) mass is 310 g/mol. The molecule has 4 heteroatoms. The van der Waals surface area contributed by atoms with Gasteiger partial charge in [-0.15, -0.1) is 11.3 Å². The van der Waals surface area contributed by atoms with Crippen LogP contribution in [0.5, 0.6) is 0 Å². The molecular weight excluding hydrogens is 292 g/mol. The average Bonchev–Trinajstić information content (AvgIpc) is 3.26. The van der Waals surface area contributed by atoms with Crippen molar-refractivity contribution in [2.75, 3.05) is 6.54 Å². The van der Waals surface area contributed by atoms with E-state index in [-0.39, 0.29) is 11.9 Å². The Kier molecular flexibility index (Phi) is 3.26. The molecule has 1 amide bonds. The molecule has 1 atom stereocenters. The van der Waals surface area contributed by atoms with E-state index >= 15 is 0 Å². The highest BCUT2D eigenvalue weighted by atomic mass is 32.1. The maximum atomic E-state index is 13.1. The fraction of sp³-hybridized carbons (Fsp3) is 0.278. The van der Waals surface area contributed by atoms with Crippen molar-refractivity contribution >= 4 is 27.3 Å². The minimum Gasteiger partial charge on any atom is -0.363 e. The Labute approximate surface area is 133 Å². The predicted octanol–water partition coefficient (Wildman–Crippen LogP) is 4.52. The van der Waals surface area contributed by atoms with E-state index in [4.69, 9.17) is 0 Å². The molecule has 0 bridgehead atoms. The van der Waals surface area contributed by atoms with E-state index in [9.17, 15) is 4.79 Å². The van der Waals surface area contributed by atoms with Crippen molar-refractivity contribution in [3.8, 4) is 0 Å². The van der Waals surface area contributed by atoms with Crippen molar-refractivity contribution in [2.45, 2.75) is 25.8 Å². The van der Waals surface area contributed by atoms with E-state index < -0.39 is 0 Å². The van der Waals surface area contributed by atoms with Gasteiger partial charge in [0.05, 0.1) is 10.9 Å². The number of likely N-dealkylation sites (tertiary alicyclic amines) is 1. The van der Waals surface area contributed by atoms with Crippen LogP contribution in [-0.4, -0.2) is 22.3 Å². The third-order valence-corrected chi connectivity index (χ3v) is 5.79. The van der Waals surface area contributed by atoms with Crippen LogP contribution in [0.2, 0.25) is 0 Å². The van der Waals surface area contributed by atoms with E-state index in [2.05, 4.69) is 30.1 Å². The zero-order valence-corrected chi connectivity index (χ0v) is 13.3. The number of hydrogen-bond acceptors (Lipinski definition) is 2. The normalized spacial score (nSPS) is 18.2. The van der Waals surface area contributed by atoms with Gasteiger partial charge in [0.1, 0.15) is 0 Å². The number of H-pyrrole nitrogens is 1. The van der Waals surface area contributed by atoms with Gasteiger partial charge in [0.15, 0.2) is 0 Å². The van der Waals surface area contributed by atoms with Crippen LogP contribution < -0.4 is 0 Å². The van der Waals surface area contributed by atoms with E-state index in [1.165, 1.54) is 10.1 Å². The van der Waals surface area contributed by atoms with Gasteiger partial charge in [0, 0.05) is 23.1 Å². The van der Waals surface area contributed by atoms with Gasteiger partial charge in [0.2, 0.25) is 0 Å². The molecule has 0 spiro atoms. The average molecular weight is 310 g/mol. The van der Waals surface area contributed by atoms with Crippen molar-refractivity contribution in [1.82, 2.24) is 9.88 Å². The number of hydrogen-bond donors (Lipinski definition) is 1. The number of thiophene rings is 1. The van der Waals surface area contributed by atoms with Crippen LogP contribution >= 0.6 is 11.3 Å². The Morgan fingerprint density at radius 1 is 1.27 bits per heavy atom. The molecule has 2 aromatic heterocycles. The fourth-order valence-corrected chi connectivity index (χ4v) is 4.56. The maximum Gasteiger partial charge on any atom is 0.264 e. The summed E-state index contributed by atoms with van der Waals surface area (Å²) in [6.45, 7) is 2.90. The predicted molar refractivity (Wildman–Crippen MR) is 90.4 cm³/mol. The van der Waals surface area contributed by atoms with Gasteiger partial charge >= 0.3 is 0 Å². The number of benzene rings is 1. The Bertz CT molecular complexity index is 819. The number of carbonyl (C=O) groups excluding carboxylic acids is 1. The van der Waals surface area contributed by atoms with E-state index in [0.717, 1.165) is 35.5 Å². The molecule has 3 aromatic rings. The second-order valence-corrected chi connectivity index (χ2v) is 6.89. The van der Waals surface area contributed by atoms with Crippen LogP contribution in [0, 0.1) is 6.92 Å². The highest BCUT2D eigenvalue weighted by Crippen LogP contribution is 2.36. The summed E-state index contributed by atoms with van der Waals surface area (Å²) in [5.41, 5.74) is 2.26. The molecule has 0 aliphatic carbocycles. The van der Waals surface area contributed by atoms with Gasteiger partial charge < -0.3 is 9.88 Å². The van der Waals surface area contributed by atoms with Crippen LogP contribution in [0.4, 0.5) is 0 Å². The quantitative estimate of drug-likeness (QED) is 0.742. The first-order chi connectivity index (χ1) is 10.8. The molecule has 1 N–H and O–H groups in total. The van der Waals surface area contributed by atoms with Gasteiger partial charge in [-0.2, -0.15) is 0 Å². The van der Waals surface area contributed by atoms with Crippen LogP contribution in [0.25, 0.3) is 10.1 Å². The number of aryl methyl sites for hydroxylation is 1. The summed E-state index contributed by atoms with van der Waals surface area (Å²) in [7, 11) is 0. The maximum absolute atomic E-state index is 13.1. The topological polar surface area (TPSA) is 36.1 Å². The van der Waals surface area contributed by atoms with Crippen molar-refractivity contribution < 1.29 is 4.79 Å². The lowest BCUT2D eigenvalue weighted by Crippen LogP contribution is -2.30. The molecule has 1 fully saturated rings. The standard InChI is InChI=1S/C18H18N2OS/c1-12-13-6-2-3-9-16(13)22-17(12)18(21)20-11-5-8-15(20)14-7-4-10-19-14/h2-4,6-7,9-10,15,19H,5,8,11H2,1H3/t15-/m0/s1. The van der Waals surface area contributed by atoms with E-state index in [1.54, 1.807) is 11.3 Å². The number of fused-ring (bicyclic) bond motifs is 1. The third kappa shape index (κ3) is 2.06. The molecule has 3 nitrogen and oxygen atoms in total. The second kappa shape index (κ2) is 5.29. The second-order valence-electron chi connectivity index (χ2n) is 5.83. The van der Waals surface area contributed by atoms with Gasteiger partial charge in [0.25, 0.3) is 5.91 Å². The number of carbonyl (C=O) groups is 1. The summed E-state index contributed by atoms with van der Waals surface area (Å²) in [5, 5.41) is 1.20. The van der Waals surface area contributed by atoms with Crippen LogP contribution in [0.15, 0.2) is 42.6 Å². The van der Waals surface area contributed by atoms with Crippen molar-refractivity contribution in [3.63, 3.8) is 0 Å². The lowest BCUT2D eigenvalue weighted by molar-refractivity contribution is 0.0737. The molecule has 3 heterocycles. The molecule has 1 saturated heterocycles. The zero-order valence-electron chi connectivity index (χ0n) is 12.5. The zero-order chi connectivity index (χ0) is 15.1. The van der Waals surface area contributed by atoms with Crippen LogP contribution in [-0.2, 0) is 0 Å². The van der Waals surface area contributed by atoms with E-state index in [0.29, 0.717) is 0 Å². The first kappa shape index (κ1) is 13.6. The highest BCUT2D eigenvalue weighted by molar-refractivity contribution is 7.21. The summed E-state index contributed by atoms with van der Waals surface area (Å²) >= 11 is 1.62. The molecule has 22 heavy (non-hydrogen) atoms. The molecule has 1 aliphatic heterocycles. The lowest BCUT2D eigenvalue weighted by Gasteiger charge is -2.23. The smallest absolute Gasteiger partial charge is 0.264 e. The summed E-state index contributed by atoms with van der Waals surface area (Å²) in [4.78, 5) is 19.3. The van der Waals surface area contributed by atoms with Crippen molar-refractivity contribution in [1.29, 1.82) is 0 Å². The molecule has 1 aliphatic rings. The van der Waals surface area contributed by atoms with Crippen molar-refractivity contribution in [3.05, 3.63) is 58.7 Å². The van der Waals surface area contributed by atoms with Gasteiger partial charge in [-0.25, -0.2) is 0 Å². The number of amides is 1. The largest absolute Gasteiger partial charge is 0.363 e. The van der Waals surface area contributed by atoms with Crippen LogP contribution in [0.1, 0.15) is 39.8 Å². The van der Waals surface area contributed by atoms with Crippen molar-refractivity contribution in [2.24, 2.45) is 0 Å². The van der Waals surface area contributed by atoms with E-state index in [1.807, 2.05) is 29.3 Å². The first-order valence-electron chi connectivity index (χ1n) is 7.68. The molecule has 1 aromatic carbocycles. The van der Waals surface area contributed by atoms with Gasteiger partial charge in [-0.1, -0.05) is 18.2 Å². The van der Waals surface area contributed by atoms with Gasteiger partial charge in [-0.05, 0) is 48.9 Å². The Morgan fingerprint density at radius 2 is 2.14 bits per heavy atom. The summed E-state index contributed by atoms with van der Waals surface area (Å²) in [6.07, 6.45) is 4.04. The Morgan fingerprint density at radius 3 is 2.91 bits per heavy atom. The molecule has 0 radical (unpaired) electrons. The number of aromatic nitrogens is 1. The first-order valence-corrected chi connectivity index (χ1v) is 8.50. The Balaban J connectivity index is 1.72. The third-order valence-electron chi connectivity index (χ3n) is 4.53. The number of nitrogens with zero attached hydrogens (tertiary/aromatic N) is 1. The SMILES string of the molecule is Cc1c(C(=O)N2CCC[C@H]2c2ccc[nH]2)sc2ccccc12. The number of nitrogens with one attached hydrogen (secondary N) is 1. The van der Waals surface area contributed by atoms with Gasteiger partial charge in [-0.3, -0.25) is 4.79 Å². The summed E-state index contributed by atoms with van der Waals surface area (Å²) in [5.74, 6) is 0.177. The fourth-order valence-electron chi connectivity index (χ4n) is 3.39. The lowest BCUT2D eigenvalue weighted by atomic mass is 10.1. The molecule has 0 saturated carbocycles. The number of rotatable bonds is 2. The Hall–Kier alpha value is -2.07. The number of aromatic amines is 1. The van der Waals surface area contributed by atoms with Crippen LogP contribution in [0.3, 0.4) is 0 Å². The summed E-state index contributed by atoms with van der Waals surface area (Å²) < 4.78 is 1.19. The summed E-state index contributed by atoms with van der Waals surface area (Å²) in [6, 6.07) is 12.5. The molecule has 0 unspecified atom stereocenters. The molecular formula is C18H18N2OS.